The summed E-state index contributed by atoms with van der Waals surface area (Å²) in [6.45, 7) is 0. The van der Waals surface area contributed by atoms with Crippen LogP contribution in [0.4, 0.5) is 5.69 Å². The first-order valence-electron chi connectivity index (χ1n) is 4.34. The maximum absolute atomic E-state index is 10.7. The third-order valence-electron chi connectivity index (χ3n) is 2.35. The van der Waals surface area contributed by atoms with E-state index in [1.807, 2.05) is 24.3 Å². The number of aryl methyl sites for hydroxylation is 1. The molecule has 0 amide bonds. The number of rotatable bonds is 1. The summed E-state index contributed by atoms with van der Waals surface area (Å²) in [6.07, 6.45) is 1.52. The first kappa shape index (κ1) is 8.10. The fourth-order valence-electron chi connectivity index (χ4n) is 1.62. The molecule has 0 aromatic heterocycles. The van der Waals surface area contributed by atoms with E-state index in [1.165, 1.54) is 5.56 Å². The van der Waals surface area contributed by atoms with Crippen molar-refractivity contribution in [1.29, 1.82) is 0 Å². The number of para-hydroxylation sites is 1. The smallest absolute Gasteiger partial charge is 0.326 e. The second-order valence-electron chi connectivity index (χ2n) is 3.23. The minimum absolute atomic E-state index is 0.421. The van der Waals surface area contributed by atoms with Gasteiger partial charge in [0.15, 0.2) is 0 Å². The highest BCUT2D eigenvalue weighted by molar-refractivity contribution is 5.78. The van der Waals surface area contributed by atoms with E-state index >= 15 is 0 Å². The third-order valence-corrected chi connectivity index (χ3v) is 2.35. The summed E-state index contributed by atoms with van der Waals surface area (Å²) in [4.78, 5) is 10.7. The van der Waals surface area contributed by atoms with Crippen LogP contribution in [0.25, 0.3) is 0 Å². The number of nitrogens with one attached hydrogen (secondary N) is 1. The predicted octanol–water partition coefficient (Wildman–Crippen LogP) is 1.50. The molecule has 0 saturated heterocycles. The molecule has 0 spiro atoms. The van der Waals surface area contributed by atoms with Gasteiger partial charge in [0.2, 0.25) is 0 Å². The molecule has 68 valence electrons. The number of aliphatic carboxylic acids is 1. The highest BCUT2D eigenvalue weighted by Gasteiger charge is 2.22. The van der Waals surface area contributed by atoms with Gasteiger partial charge < -0.3 is 10.4 Å². The molecular weight excluding hydrogens is 166 g/mol. The molecule has 0 aliphatic carbocycles. The molecule has 1 unspecified atom stereocenters. The zero-order chi connectivity index (χ0) is 9.26. The van der Waals surface area contributed by atoms with Gasteiger partial charge in [-0.25, -0.2) is 4.79 Å². The molecule has 0 radical (unpaired) electrons. The lowest BCUT2D eigenvalue weighted by atomic mass is 9.98. The summed E-state index contributed by atoms with van der Waals surface area (Å²) in [5.41, 5.74) is 2.17. The Morgan fingerprint density at radius 1 is 1.46 bits per heavy atom. The number of hydrogen-bond acceptors (Lipinski definition) is 2. The van der Waals surface area contributed by atoms with Crippen LogP contribution in [0, 0.1) is 0 Å². The van der Waals surface area contributed by atoms with E-state index in [1.54, 1.807) is 0 Å². The molecule has 0 fully saturated rings. The van der Waals surface area contributed by atoms with Crippen molar-refractivity contribution in [2.24, 2.45) is 0 Å². The minimum Gasteiger partial charge on any atom is -0.480 e. The Bertz CT molecular complexity index is 335. The van der Waals surface area contributed by atoms with E-state index in [9.17, 15) is 4.79 Å². The van der Waals surface area contributed by atoms with Gasteiger partial charge in [0, 0.05) is 5.69 Å². The normalized spacial score (nSPS) is 20.2. The van der Waals surface area contributed by atoms with Crippen LogP contribution in [0.3, 0.4) is 0 Å². The van der Waals surface area contributed by atoms with E-state index in [-0.39, 0.29) is 0 Å². The largest absolute Gasteiger partial charge is 0.480 e. The summed E-state index contributed by atoms with van der Waals surface area (Å²) in [5.74, 6) is -0.769. The van der Waals surface area contributed by atoms with Crippen molar-refractivity contribution < 1.29 is 9.90 Å². The third kappa shape index (κ3) is 1.49. The lowest BCUT2D eigenvalue weighted by molar-refractivity contribution is -0.138. The molecule has 1 aliphatic heterocycles. The van der Waals surface area contributed by atoms with Crippen molar-refractivity contribution in [3.8, 4) is 0 Å². The van der Waals surface area contributed by atoms with Crippen molar-refractivity contribution in [2.75, 3.05) is 5.32 Å². The fraction of sp³-hybridized carbons (Fsp3) is 0.300. The molecule has 3 heteroatoms. The van der Waals surface area contributed by atoms with Gasteiger partial charge in [0.1, 0.15) is 6.04 Å². The lowest BCUT2D eigenvalue weighted by Crippen LogP contribution is -2.33. The highest BCUT2D eigenvalue weighted by Crippen LogP contribution is 2.23. The highest BCUT2D eigenvalue weighted by atomic mass is 16.4. The zero-order valence-electron chi connectivity index (χ0n) is 7.16. The Labute approximate surface area is 76.4 Å². The molecule has 0 saturated carbocycles. The quantitative estimate of drug-likeness (QED) is 0.683. The van der Waals surface area contributed by atoms with E-state index in [4.69, 9.17) is 5.11 Å². The molecule has 1 heterocycles. The van der Waals surface area contributed by atoms with Crippen molar-refractivity contribution in [3.63, 3.8) is 0 Å². The molecule has 0 bridgehead atoms. The monoisotopic (exact) mass is 177 g/mol. The van der Waals surface area contributed by atoms with Gasteiger partial charge in [-0.15, -0.1) is 0 Å². The molecular formula is C10H11NO2. The van der Waals surface area contributed by atoms with E-state index in [0.29, 0.717) is 6.42 Å². The van der Waals surface area contributed by atoms with Gasteiger partial charge in [-0.05, 0) is 24.5 Å². The van der Waals surface area contributed by atoms with E-state index in [0.717, 1.165) is 12.1 Å². The Balaban J connectivity index is 2.24. The number of benzene rings is 1. The van der Waals surface area contributed by atoms with Crippen LogP contribution in [-0.4, -0.2) is 17.1 Å². The van der Waals surface area contributed by atoms with Gasteiger partial charge in [-0.3, -0.25) is 0 Å². The van der Waals surface area contributed by atoms with E-state index in [2.05, 4.69) is 5.32 Å². The van der Waals surface area contributed by atoms with Crippen molar-refractivity contribution in [2.45, 2.75) is 18.9 Å². The Kier molecular flexibility index (Phi) is 1.93. The van der Waals surface area contributed by atoms with Gasteiger partial charge in [-0.1, -0.05) is 18.2 Å². The van der Waals surface area contributed by atoms with Gasteiger partial charge >= 0.3 is 5.97 Å². The van der Waals surface area contributed by atoms with Gasteiger partial charge in [0.25, 0.3) is 0 Å². The summed E-state index contributed by atoms with van der Waals surface area (Å²) < 4.78 is 0. The Morgan fingerprint density at radius 3 is 3.00 bits per heavy atom. The van der Waals surface area contributed by atoms with Gasteiger partial charge in [-0.2, -0.15) is 0 Å². The molecule has 13 heavy (non-hydrogen) atoms. The standard InChI is InChI=1S/C10H11NO2/c12-10(13)9-6-5-7-3-1-2-4-8(7)11-9/h1-4,9,11H,5-6H2,(H,12,13). The fourth-order valence-corrected chi connectivity index (χ4v) is 1.62. The number of carboxylic acid groups (broad SMARTS) is 1. The first-order chi connectivity index (χ1) is 6.27. The van der Waals surface area contributed by atoms with Crippen LogP contribution in [-0.2, 0) is 11.2 Å². The van der Waals surface area contributed by atoms with Crippen molar-refractivity contribution >= 4 is 11.7 Å². The maximum atomic E-state index is 10.7. The number of carbonyl (C=O) groups is 1. The second-order valence-corrected chi connectivity index (χ2v) is 3.23. The van der Waals surface area contributed by atoms with Crippen LogP contribution in [0.2, 0.25) is 0 Å². The van der Waals surface area contributed by atoms with Crippen LogP contribution in [0.15, 0.2) is 24.3 Å². The second kappa shape index (κ2) is 3.09. The Morgan fingerprint density at radius 2 is 2.23 bits per heavy atom. The lowest BCUT2D eigenvalue weighted by Gasteiger charge is -2.23. The molecule has 2 N–H and O–H groups in total. The van der Waals surface area contributed by atoms with Crippen LogP contribution in [0.5, 0.6) is 0 Å². The summed E-state index contributed by atoms with van der Waals surface area (Å²) >= 11 is 0. The zero-order valence-corrected chi connectivity index (χ0v) is 7.16. The molecule has 1 aliphatic rings. The summed E-state index contributed by atoms with van der Waals surface area (Å²) in [6, 6.07) is 7.41. The average molecular weight is 177 g/mol. The molecule has 3 nitrogen and oxygen atoms in total. The molecule has 1 aromatic rings. The number of fused-ring (bicyclic) bond motifs is 1. The Hall–Kier alpha value is -1.51. The first-order valence-corrected chi connectivity index (χ1v) is 4.34. The van der Waals surface area contributed by atoms with Crippen molar-refractivity contribution in [3.05, 3.63) is 29.8 Å². The maximum Gasteiger partial charge on any atom is 0.326 e. The number of carboxylic acids is 1. The minimum atomic E-state index is -0.769. The van der Waals surface area contributed by atoms with Crippen LogP contribution < -0.4 is 5.32 Å². The molecule has 1 aromatic carbocycles. The van der Waals surface area contributed by atoms with Crippen LogP contribution in [0.1, 0.15) is 12.0 Å². The predicted molar refractivity (Wildman–Crippen MR) is 49.8 cm³/mol. The topological polar surface area (TPSA) is 49.3 Å². The van der Waals surface area contributed by atoms with E-state index < -0.39 is 12.0 Å². The number of anilines is 1. The average Bonchev–Trinajstić information content (AvgIpc) is 2.17. The summed E-state index contributed by atoms with van der Waals surface area (Å²) in [5, 5.41) is 11.8. The van der Waals surface area contributed by atoms with Crippen LogP contribution >= 0.6 is 0 Å². The van der Waals surface area contributed by atoms with Gasteiger partial charge in [0.05, 0.1) is 0 Å². The summed E-state index contributed by atoms with van der Waals surface area (Å²) in [7, 11) is 0. The molecule has 2 rings (SSSR count). The number of hydrogen-bond donors (Lipinski definition) is 2. The molecule has 1 atom stereocenters. The van der Waals surface area contributed by atoms with Crippen molar-refractivity contribution in [1.82, 2.24) is 0 Å². The SMILES string of the molecule is O=C(O)C1CCc2ccccc2N1.